The van der Waals surface area contributed by atoms with Crippen LogP contribution in [-0.4, -0.2) is 24.0 Å². The summed E-state index contributed by atoms with van der Waals surface area (Å²) in [6.07, 6.45) is 1.49. The molecule has 34 heavy (non-hydrogen) atoms. The molecule has 0 aromatic heterocycles. The van der Waals surface area contributed by atoms with Crippen molar-refractivity contribution in [1.82, 2.24) is 5.32 Å². The van der Waals surface area contributed by atoms with E-state index in [0.29, 0.717) is 32.2 Å². The molecule has 1 aliphatic heterocycles. The summed E-state index contributed by atoms with van der Waals surface area (Å²) in [5, 5.41) is 3.20. The monoisotopic (exact) mass is 556 g/mol. The Labute approximate surface area is 215 Å². The van der Waals surface area contributed by atoms with Gasteiger partial charge in [0.15, 0.2) is 16.6 Å². The average molecular weight is 558 g/mol. The van der Waals surface area contributed by atoms with Crippen molar-refractivity contribution < 1.29 is 19.1 Å². The molecule has 6 nitrogen and oxygen atoms in total. The number of carbonyl (C=O) groups excluding carboxylic acids is 2. The van der Waals surface area contributed by atoms with E-state index in [4.69, 9.17) is 33.3 Å². The summed E-state index contributed by atoms with van der Waals surface area (Å²) in [4.78, 5) is 27.1. The van der Waals surface area contributed by atoms with Crippen LogP contribution in [0.5, 0.6) is 11.5 Å². The molecule has 0 atom stereocenters. The lowest BCUT2D eigenvalue weighted by atomic mass is 10.1. The summed E-state index contributed by atoms with van der Waals surface area (Å²) in [7, 11) is 1.51. The molecule has 4 rings (SSSR count). The number of benzene rings is 3. The molecule has 2 amide bonds. The lowest BCUT2D eigenvalue weighted by Gasteiger charge is -2.28. The van der Waals surface area contributed by atoms with Crippen LogP contribution in [0.15, 0.2) is 76.8 Å². The third-order valence-corrected chi connectivity index (χ3v) is 6.25. The zero-order valence-electron chi connectivity index (χ0n) is 17.9. The molecule has 9 heteroatoms. The van der Waals surface area contributed by atoms with Crippen molar-refractivity contribution in [3.05, 3.63) is 92.9 Å². The number of carbonyl (C=O) groups is 2. The van der Waals surface area contributed by atoms with Crippen LogP contribution in [0.25, 0.3) is 6.08 Å². The summed E-state index contributed by atoms with van der Waals surface area (Å²) < 4.78 is 12.0. The molecular weight excluding hydrogens is 540 g/mol. The summed E-state index contributed by atoms with van der Waals surface area (Å²) in [6.45, 7) is 0.236. The number of amides is 2. The van der Waals surface area contributed by atoms with Crippen LogP contribution in [0, 0.1) is 0 Å². The van der Waals surface area contributed by atoms with Crippen molar-refractivity contribution in [2.24, 2.45) is 0 Å². The number of anilines is 1. The van der Waals surface area contributed by atoms with Gasteiger partial charge in [0.05, 0.1) is 17.3 Å². The molecule has 0 spiro atoms. The van der Waals surface area contributed by atoms with Gasteiger partial charge < -0.3 is 9.47 Å². The standard InChI is InChI=1S/C25H18BrClN2O4S/c1-32-21-13-15(12-19(26)22(21)33-14-16-7-5-6-10-20(16)27)11-18-23(30)28-25(34)29(24(18)31)17-8-3-2-4-9-17/h2-13H,14H2,1H3,(H,28,30,34)/b18-11-. The van der Waals surface area contributed by atoms with Gasteiger partial charge in [0.1, 0.15) is 12.2 Å². The predicted octanol–water partition coefficient (Wildman–Crippen LogP) is 5.52. The Morgan fingerprint density at radius 1 is 1.09 bits per heavy atom. The minimum absolute atomic E-state index is 0.0282. The van der Waals surface area contributed by atoms with Crippen LogP contribution in [-0.2, 0) is 16.2 Å². The normalized spacial score (nSPS) is 14.9. The van der Waals surface area contributed by atoms with Crippen molar-refractivity contribution >= 4 is 68.4 Å². The van der Waals surface area contributed by atoms with Gasteiger partial charge in [-0.25, -0.2) is 0 Å². The lowest BCUT2D eigenvalue weighted by Crippen LogP contribution is -2.54. The molecule has 3 aromatic rings. The van der Waals surface area contributed by atoms with E-state index >= 15 is 0 Å². The fourth-order valence-electron chi connectivity index (χ4n) is 3.36. The molecule has 0 bridgehead atoms. The van der Waals surface area contributed by atoms with Gasteiger partial charge in [-0.05, 0) is 70.1 Å². The van der Waals surface area contributed by atoms with Gasteiger partial charge in [-0.2, -0.15) is 0 Å². The zero-order chi connectivity index (χ0) is 24.2. The SMILES string of the molecule is COc1cc(/C=C2/C(=O)NC(=S)N(c3ccccc3)C2=O)cc(Br)c1OCc1ccccc1Cl. The molecule has 0 aliphatic carbocycles. The number of rotatable bonds is 6. The third kappa shape index (κ3) is 4.99. The smallest absolute Gasteiger partial charge is 0.270 e. The van der Waals surface area contributed by atoms with E-state index in [-0.39, 0.29) is 17.3 Å². The molecule has 0 radical (unpaired) electrons. The summed E-state index contributed by atoms with van der Waals surface area (Å²) >= 11 is 14.9. The fraction of sp³-hybridized carbons (Fsp3) is 0.0800. The van der Waals surface area contributed by atoms with Crippen molar-refractivity contribution in [3.63, 3.8) is 0 Å². The maximum Gasteiger partial charge on any atom is 0.270 e. The number of thiocarbonyl (C=S) groups is 1. The van der Waals surface area contributed by atoms with Crippen LogP contribution in [0.4, 0.5) is 5.69 Å². The van der Waals surface area contributed by atoms with Gasteiger partial charge in [0.25, 0.3) is 11.8 Å². The van der Waals surface area contributed by atoms with Gasteiger partial charge in [0, 0.05) is 10.6 Å². The fourth-order valence-corrected chi connectivity index (χ4v) is 4.41. The number of nitrogens with one attached hydrogen (secondary N) is 1. The summed E-state index contributed by atoms with van der Waals surface area (Å²) in [5.41, 5.74) is 1.89. The van der Waals surface area contributed by atoms with E-state index in [1.54, 1.807) is 42.5 Å². The highest BCUT2D eigenvalue weighted by molar-refractivity contribution is 9.10. The largest absolute Gasteiger partial charge is 0.493 e. The van der Waals surface area contributed by atoms with E-state index in [0.717, 1.165) is 5.56 Å². The second-order valence-corrected chi connectivity index (χ2v) is 8.86. The molecule has 1 N–H and O–H groups in total. The Morgan fingerprint density at radius 3 is 2.50 bits per heavy atom. The summed E-state index contributed by atoms with van der Waals surface area (Å²) in [5.74, 6) is -0.200. The quantitative estimate of drug-likeness (QED) is 0.246. The van der Waals surface area contributed by atoms with Crippen LogP contribution >= 0.6 is 39.7 Å². The highest BCUT2D eigenvalue weighted by Gasteiger charge is 2.34. The van der Waals surface area contributed by atoms with Gasteiger partial charge in [-0.15, -0.1) is 0 Å². The van der Waals surface area contributed by atoms with E-state index in [1.165, 1.54) is 18.1 Å². The van der Waals surface area contributed by atoms with E-state index in [9.17, 15) is 9.59 Å². The van der Waals surface area contributed by atoms with Crippen LogP contribution < -0.4 is 19.7 Å². The highest BCUT2D eigenvalue weighted by Crippen LogP contribution is 2.38. The van der Waals surface area contributed by atoms with Gasteiger partial charge in [0.2, 0.25) is 0 Å². The first-order valence-corrected chi connectivity index (χ1v) is 11.7. The number of para-hydroxylation sites is 1. The maximum absolute atomic E-state index is 13.2. The van der Waals surface area contributed by atoms with Crippen molar-refractivity contribution in [2.45, 2.75) is 6.61 Å². The van der Waals surface area contributed by atoms with E-state index in [1.807, 2.05) is 24.3 Å². The van der Waals surface area contributed by atoms with Crippen molar-refractivity contribution in [3.8, 4) is 11.5 Å². The first-order valence-electron chi connectivity index (χ1n) is 10.1. The lowest BCUT2D eigenvalue weighted by molar-refractivity contribution is -0.122. The van der Waals surface area contributed by atoms with Crippen molar-refractivity contribution in [1.29, 1.82) is 0 Å². The number of hydrogen-bond donors (Lipinski definition) is 1. The Morgan fingerprint density at radius 2 is 1.79 bits per heavy atom. The Bertz CT molecular complexity index is 1310. The van der Waals surface area contributed by atoms with Crippen LogP contribution in [0.2, 0.25) is 5.02 Å². The molecule has 0 saturated carbocycles. The average Bonchev–Trinajstić information content (AvgIpc) is 2.82. The van der Waals surface area contributed by atoms with Crippen molar-refractivity contribution in [2.75, 3.05) is 12.0 Å². The number of ether oxygens (including phenoxy) is 2. The second-order valence-electron chi connectivity index (χ2n) is 7.21. The third-order valence-electron chi connectivity index (χ3n) is 5.01. The second kappa shape index (κ2) is 10.4. The van der Waals surface area contributed by atoms with E-state index < -0.39 is 11.8 Å². The highest BCUT2D eigenvalue weighted by atomic mass is 79.9. The first kappa shape index (κ1) is 23.9. The molecule has 1 heterocycles. The first-order chi connectivity index (χ1) is 16.4. The zero-order valence-corrected chi connectivity index (χ0v) is 21.0. The van der Waals surface area contributed by atoms with Gasteiger partial charge in [-0.1, -0.05) is 48.0 Å². The Hall–Kier alpha value is -3.20. The molecule has 172 valence electrons. The number of methoxy groups -OCH3 is 1. The molecule has 1 fully saturated rings. The number of nitrogens with zero attached hydrogens (tertiary/aromatic N) is 1. The van der Waals surface area contributed by atoms with Crippen LogP contribution in [0.3, 0.4) is 0 Å². The minimum atomic E-state index is -0.573. The molecule has 1 aliphatic rings. The number of halogens is 2. The molecule has 1 saturated heterocycles. The predicted molar refractivity (Wildman–Crippen MR) is 139 cm³/mol. The molecule has 3 aromatic carbocycles. The molecule has 0 unspecified atom stereocenters. The van der Waals surface area contributed by atoms with Gasteiger partial charge in [-0.3, -0.25) is 19.8 Å². The van der Waals surface area contributed by atoms with Gasteiger partial charge >= 0.3 is 0 Å². The van der Waals surface area contributed by atoms with E-state index in [2.05, 4.69) is 21.2 Å². The van der Waals surface area contributed by atoms with Crippen LogP contribution in [0.1, 0.15) is 11.1 Å². The number of hydrogen-bond acceptors (Lipinski definition) is 5. The molecular formula is C25H18BrClN2O4S. The maximum atomic E-state index is 13.2. The Balaban J connectivity index is 1.65. The minimum Gasteiger partial charge on any atom is -0.493 e. The Kier molecular flexibility index (Phi) is 7.31. The summed E-state index contributed by atoms with van der Waals surface area (Å²) in [6, 6.07) is 19.7. The topological polar surface area (TPSA) is 67.9 Å².